The summed E-state index contributed by atoms with van der Waals surface area (Å²) in [5.41, 5.74) is 3.77. The second-order valence-corrected chi connectivity index (χ2v) is 10.6. The minimum Gasteiger partial charge on any atom is -0.460 e. The van der Waals surface area contributed by atoms with Crippen molar-refractivity contribution < 1.29 is 9.53 Å². The molecule has 0 unspecified atom stereocenters. The predicted octanol–water partition coefficient (Wildman–Crippen LogP) is 4.09. The van der Waals surface area contributed by atoms with E-state index in [1.807, 2.05) is 18.2 Å². The van der Waals surface area contributed by atoms with E-state index in [9.17, 15) is 4.79 Å². The number of hydrogen-bond acceptors (Lipinski definition) is 9. The van der Waals surface area contributed by atoms with Gasteiger partial charge >= 0.3 is 6.01 Å². The zero-order valence-electron chi connectivity index (χ0n) is 23.5. The van der Waals surface area contributed by atoms with E-state index in [-0.39, 0.29) is 17.4 Å². The van der Waals surface area contributed by atoms with E-state index >= 15 is 0 Å². The van der Waals surface area contributed by atoms with E-state index in [4.69, 9.17) is 4.74 Å². The number of pyridine rings is 1. The van der Waals surface area contributed by atoms with Crippen molar-refractivity contribution in [2.24, 2.45) is 0 Å². The Morgan fingerprint density at radius 3 is 2.60 bits per heavy atom. The molecule has 10 nitrogen and oxygen atoms in total. The van der Waals surface area contributed by atoms with Gasteiger partial charge in [0.15, 0.2) is 0 Å². The average Bonchev–Trinajstić information content (AvgIpc) is 3.00. The number of anilines is 1. The molecule has 1 aliphatic heterocycles. The van der Waals surface area contributed by atoms with Gasteiger partial charge in [0.1, 0.15) is 18.2 Å². The number of rotatable bonds is 9. The van der Waals surface area contributed by atoms with E-state index < -0.39 is 0 Å². The first kappa shape index (κ1) is 27.4. The van der Waals surface area contributed by atoms with Crippen LogP contribution >= 0.6 is 0 Å². The van der Waals surface area contributed by atoms with Gasteiger partial charge in [0.2, 0.25) is 0 Å². The van der Waals surface area contributed by atoms with Crippen LogP contribution in [0, 0.1) is 0 Å². The minimum atomic E-state index is -0.269. The number of nitrogens with zero attached hydrogens (tertiary/aromatic N) is 6. The third kappa shape index (κ3) is 5.86. The highest BCUT2D eigenvalue weighted by Gasteiger charge is 2.28. The lowest BCUT2D eigenvalue weighted by Crippen LogP contribution is -2.35. The molecule has 0 bridgehead atoms. The Balaban J connectivity index is 1.31. The summed E-state index contributed by atoms with van der Waals surface area (Å²) in [5, 5.41) is 7.06. The molecule has 3 aromatic heterocycles. The molecule has 4 aromatic rings. The van der Waals surface area contributed by atoms with Crippen LogP contribution in [0.4, 0.5) is 5.82 Å². The first-order valence-corrected chi connectivity index (χ1v) is 13.7. The summed E-state index contributed by atoms with van der Waals surface area (Å²) in [6, 6.07) is 10.1. The van der Waals surface area contributed by atoms with Gasteiger partial charge in [-0.1, -0.05) is 32.0 Å². The summed E-state index contributed by atoms with van der Waals surface area (Å²) in [6.45, 7) is 7.00. The average molecular weight is 541 g/mol. The molecule has 0 radical (unpaired) electrons. The summed E-state index contributed by atoms with van der Waals surface area (Å²) in [5.74, 6) is 0.579. The number of nitrogens with one attached hydrogen (secondary N) is 2. The molecule has 40 heavy (non-hydrogen) atoms. The second kappa shape index (κ2) is 11.9. The number of carbonyl (C=O) groups excluding carboxylic acids is 1. The number of piperidine rings is 1. The topological polar surface area (TPSA) is 118 Å². The van der Waals surface area contributed by atoms with E-state index in [2.05, 4.69) is 67.4 Å². The number of hydrogen-bond donors (Lipinski definition) is 2. The van der Waals surface area contributed by atoms with E-state index in [1.165, 1.54) is 0 Å². The number of para-hydroxylation sites is 1. The lowest BCUT2D eigenvalue weighted by atomic mass is 9.78. The smallest absolute Gasteiger partial charge is 0.316 e. The van der Waals surface area contributed by atoms with Crippen LogP contribution < -0.4 is 15.4 Å². The van der Waals surface area contributed by atoms with Crippen molar-refractivity contribution in [1.29, 1.82) is 0 Å². The Labute approximate surface area is 234 Å². The van der Waals surface area contributed by atoms with Crippen molar-refractivity contribution >= 4 is 22.6 Å². The minimum absolute atomic E-state index is 0.125. The van der Waals surface area contributed by atoms with Crippen molar-refractivity contribution in [1.82, 2.24) is 35.1 Å². The van der Waals surface area contributed by atoms with Crippen molar-refractivity contribution in [3.8, 4) is 17.3 Å². The zero-order chi connectivity index (χ0) is 28.1. The number of likely N-dealkylation sites (tertiary alicyclic amines) is 1. The molecular weight excluding hydrogens is 504 g/mol. The molecule has 0 saturated carbocycles. The number of ether oxygens (including phenoxy) is 1. The molecule has 1 saturated heterocycles. The number of fused-ring (bicyclic) bond motifs is 1. The van der Waals surface area contributed by atoms with Crippen LogP contribution in [-0.2, 0) is 5.41 Å². The largest absolute Gasteiger partial charge is 0.460 e. The van der Waals surface area contributed by atoms with Crippen molar-refractivity contribution in [2.75, 3.05) is 39.0 Å². The summed E-state index contributed by atoms with van der Waals surface area (Å²) in [4.78, 5) is 37.2. The Kier molecular flexibility index (Phi) is 8.16. The zero-order valence-corrected chi connectivity index (χ0v) is 23.5. The van der Waals surface area contributed by atoms with E-state index in [1.54, 1.807) is 38.0 Å². The van der Waals surface area contributed by atoms with Gasteiger partial charge in [-0.3, -0.25) is 9.78 Å². The fourth-order valence-corrected chi connectivity index (χ4v) is 5.07. The van der Waals surface area contributed by atoms with Crippen molar-refractivity contribution in [3.05, 3.63) is 66.4 Å². The fourth-order valence-electron chi connectivity index (χ4n) is 5.07. The summed E-state index contributed by atoms with van der Waals surface area (Å²) in [6.07, 6.45) is 9.68. The van der Waals surface area contributed by atoms with Crippen LogP contribution in [0.5, 0.6) is 6.01 Å². The Bertz CT molecular complexity index is 1470. The third-order valence-electron chi connectivity index (χ3n) is 7.86. The Morgan fingerprint density at radius 2 is 1.88 bits per heavy atom. The molecule has 5 rings (SSSR count). The van der Waals surface area contributed by atoms with E-state index in [0.29, 0.717) is 23.9 Å². The van der Waals surface area contributed by atoms with Gasteiger partial charge in [-0.2, -0.15) is 0 Å². The van der Waals surface area contributed by atoms with Gasteiger partial charge in [-0.15, -0.1) is 0 Å². The molecule has 1 atom stereocenters. The summed E-state index contributed by atoms with van der Waals surface area (Å²) >= 11 is 0. The fraction of sp³-hybridized carbons (Fsp3) is 0.400. The second-order valence-electron chi connectivity index (χ2n) is 10.6. The van der Waals surface area contributed by atoms with Crippen LogP contribution in [0.3, 0.4) is 0 Å². The highest BCUT2D eigenvalue weighted by Crippen LogP contribution is 2.34. The molecule has 208 valence electrons. The van der Waals surface area contributed by atoms with Gasteiger partial charge in [0.25, 0.3) is 5.91 Å². The molecular formula is C30H36N8O2. The lowest BCUT2D eigenvalue weighted by molar-refractivity contribution is 0.0964. The van der Waals surface area contributed by atoms with Crippen molar-refractivity contribution in [2.45, 2.75) is 44.6 Å². The highest BCUT2D eigenvalue weighted by atomic mass is 16.5. The maximum Gasteiger partial charge on any atom is 0.316 e. The molecule has 1 amide bonds. The number of carbonyl (C=O) groups is 1. The van der Waals surface area contributed by atoms with Crippen LogP contribution in [0.15, 0.2) is 55.2 Å². The van der Waals surface area contributed by atoms with Crippen LogP contribution in [-0.4, -0.2) is 75.6 Å². The maximum atomic E-state index is 12.5. The SMILES string of the molecule is CC[C@@](C)(CNc1cc(-c2cnc(OC3CCN(C)CC3)nc2)ncn1)c1cccc2c(C(=O)NC)ccnc12. The van der Waals surface area contributed by atoms with Crippen LogP contribution in [0.2, 0.25) is 0 Å². The predicted molar refractivity (Wildman–Crippen MR) is 155 cm³/mol. The number of amides is 1. The number of benzene rings is 1. The Morgan fingerprint density at radius 1 is 1.10 bits per heavy atom. The van der Waals surface area contributed by atoms with Crippen LogP contribution in [0.25, 0.3) is 22.2 Å². The monoisotopic (exact) mass is 540 g/mol. The van der Waals surface area contributed by atoms with Gasteiger partial charge in [-0.05, 0) is 37.9 Å². The molecule has 1 fully saturated rings. The summed E-state index contributed by atoms with van der Waals surface area (Å²) < 4.78 is 5.98. The van der Waals surface area contributed by atoms with Gasteiger partial charge < -0.3 is 20.3 Å². The molecule has 0 spiro atoms. The quantitative estimate of drug-likeness (QED) is 0.324. The van der Waals surface area contributed by atoms with Crippen LogP contribution in [0.1, 0.15) is 49.0 Å². The van der Waals surface area contributed by atoms with E-state index in [0.717, 1.165) is 60.1 Å². The molecule has 1 aromatic carbocycles. The molecule has 1 aliphatic rings. The molecule has 10 heteroatoms. The van der Waals surface area contributed by atoms with Gasteiger partial charge in [0, 0.05) is 67.7 Å². The molecule has 2 N–H and O–H groups in total. The third-order valence-corrected chi connectivity index (χ3v) is 7.86. The lowest BCUT2D eigenvalue weighted by Gasteiger charge is -2.30. The van der Waals surface area contributed by atoms with Gasteiger partial charge in [0.05, 0.1) is 16.8 Å². The highest BCUT2D eigenvalue weighted by molar-refractivity contribution is 6.06. The number of aromatic nitrogens is 5. The Hall–Kier alpha value is -4.18. The first-order valence-electron chi connectivity index (χ1n) is 13.7. The molecule has 0 aliphatic carbocycles. The van der Waals surface area contributed by atoms with Crippen molar-refractivity contribution in [3.63, 3.8) is 0 Å². The standard InChI is InChI=1S/C30H36N8O2/c1-5-30(2,24-8-6-7-22-23(28(39)31-3)9-12-32-27(22)24)18-35-26-15-25(36-19-37-26)20-16-33-29(34-17-20)40-21-10-13-38(4)14-11-21/h6-9,12,15-17,19,21H,5,10-11,13-14,18H2,1-4H3,(H,31,39)(H,35,36,37)/t30-/m0/s1. The van der Waals surface area contributed by atoms with Gasteiger partial charge in [-0.25, -0.2) is 19.9 Å². The normalized spacial score (nSPS) is 15.9. The maximum absolute atomic E-state index is 12.5. The first-order chi connectivity index (χ1) is 19.4. The molecule has 4 heterocycles. The summed E-state index contributed by atoms with van der Waals surface area (Å²) in [7, 11) is 3.76.